The highest BCUT2D eigenvalue weighted by Crippen LogP contribution is 2.35. The summed E-state index contributed by atoms with van der Waals surface area (Å²) in [6.45, 7) is 0.306. The second-order valence-corrected chi connectivity index (χ2v) is 3.42. The van der Waals surface area contributed by atoms with E-state index in [1.54, 1.807) is 0 Å². The molecule has 0 heterocycles. The van der Waals surface area contributed by atoms with Crippen molar-refractivity contribution < 1.29 is 27.4 Å². The molecule has 0 saturated carbocycles. The lowest BCUT2D eigenvalue weighted by Crippen LogP contribution is -2.15. The van der Waals surface area contributed by atoms with Crippen molar-refractivity contribution in [3.63, 3.8) is 0 Å². The summed E-state index contributed by atoms with van der Waals surface area (Å²) >= 11 is 0. The maximum Gasteiger partial charge on any atom is 0.419 e. The number of ether oxygens (including phenoxy) is 3. The smallest absolute Gasteiger partial charge is 0.419 e. The molecule has 0 aliphatic heterocycles. The highest BCUT2D eigenvalue weighted by atomic mass is 19.4. The first kappa shape index (κ1) is 14.9. The van der Waals surface area contributed by atoms with Crippen LogP contribution in [0.4, 0.5) is 13.2 Å². The molecule has 0 fully saturated rings. The molecule has 0 saturated heterocycles. The lowest BCUT2D eigenvalue weighted by atomic mass is 9.94. The van der Waals surface area contributed by atoms with Crippen molar-refractivity contribution in [1.82, 2.24) is 0 Å². The van der Waals surface area contributed by atoms with E-state index in [9.17, 15) is 13.2 Å². The average Bonchev–Trinajstić information content (AvgIpc) is 2.29. The van der Waals surface area contributed by atoms with Crippen LogP contribution in [0.5, 0.6) is 5.75 Å². The van der Waals surface area contributed by atoms with Gasteiger partial charge in [0.25, 0.3) is 0 Å². The number of hydrogen-bond acceptors (Lipinski definition) is 3. The van der Waals surface area contributed by atoms with Gasteiger partial charge in [-0.05, 0) is 6.07 Å². The Hall–Kier alpha value is -1.21. The zero-order valence-electron chi connectivity index (χ0n) is 9.79. The molecule has 0 N–H and O–H groups in total. The minimum absolute atomic E-state index is 0.0231. The van der Waals surface area contributed by atoms with E-state index in [1.165, 1.54) is 13.2 Å². The molecule has 0 bridgehead atoms. The molecular formula is C11H12BF3O3. The maximum absolute atomic E-state index is 12.7. The molecule has 18 heavy (non-hydrogen) atoms. The van der Waals surface area contributed by atoms with Crippen molar-refractivity contribution in [3.05, 3.63) is 23.8 Å². The Morgan fingerprint density at radius 1 is 1.22 bits per heavy atom. The Kier molecular flexibility index (Phi) is 5.49. The summed E-state index contributed by atoms with van der Waals surface area (Å²) in [6.07, 6.45) is -4.52. The van der Waals surface area contributed by atoms with Gasteiger partial charge in [-0.25, -0.2) is 0 Å². The quantitative estimate of drug-likeness (QED) is 0.440. The lowest BCUT2D eigenvalue weighted by molar-refractivity contribution is -0.139. The van der Waals surface area contributed by atoms with E-state index in [4.69, 9.17) is 22.1 Å². The molecule has 0 unspecified atom stereocenters. The number of halogens is 3. The summed E-state index contributed by atoms with van der Waals surface area (Å²) in [6, 6.07) is 3.32. The Balaban J connectivity index is 2.65. The molecule has 0 aliphatic rings. The van der Waals surface area contributed by atoms with Crippen LogP contribution in [0.15, 0.2) is 18.2 Å². The van der Waals surface area contributed by atoms with Crippen LogP contribution in [0.2, 0.25) is 0 Å². The number of rotatable bonds is 6. The van der Waals surface area contributed by atoms with E-state index in [-0.39, 0.29) is 24.6 Å². The molecule has 3 nitrogen and oxygen atoms in total. The number of alkyl halides is 3. The van der Waals surface area contributed by atoms with Gasteiger partial charge in [0, 0.05) is 7.11 Å². The largest absolute Gasteiger partial charge is 0.467 e. The van der Waals surface area contributed by atoms with Gasteiger partial charge < -0.3 is 14.2 Å². The van der Waals surface area contributed by atoms with E-state index in [0.29, 0.717) is 6.61 Å². The highest BCUT2D eigenvalue weighted by molar-refractivity contribution is 6.32. The molecule has 98 valence electrons. The predicted molar refractivity (Wildman–Crippen MR) is 60.2 cm³/mol. The summed E-state index contributed by atoms with van der Waals surface area (Å²) < 4.78 is 52.5. The zero-order valence-corrected chi connectivity index (χ0v) is 9.79. The molecule has 7 heteroatoms. The molecule has 0 spiro atoms. The van der Waals surface area contributed by atoms with Crippen molar-refractivity contribution in [2.75, 3.05) is 27.1 Å². The van der Waals surface area contributed by atoms with Crippen LogP contribution in [-0.4, -0.2) is 35.0 Å². The van der Waals surface area contributed by atoms with Crippen LogP contribution in [0.3, 0.4) is 0 Å². The standard InChI is InChI=1S/C11H12BF3O3/c1-16-4-5-17-7-18-10-3-2-8(12)6-9(10)11(13,14)15/h2-3,6H,4-5,7H2,1H3. The minimum Gasteiger partial charge on any atom is -0.467 e. The summed E-state index contributed by atoms with van der Waals surface area (Å²) in [5.41, 5.74) is -0.896. The Morgan fingerprint density at radius 3 is 2.56 bits per heavy atom. The molecule has 1 rings (SSSR count). The molecular weight excluding hydrogens is 248 g/mol. The fraction of sp³-hybridized carbons (Fsp3) is 0.455. The fourth-order valence-electron chi connectivity index (χ4n) is 1.20. The number of benzene rings is 1. The van der Waals surface area contributed by atoms with Crippen LogP contribution < -0.4 is 10.2 Å². The Bertz CT molecular complexity index is 382. The third kappa shape index (κ3) is 4.58. The van der Waals surface area contributed by atoms with Gasteiger partial charge in [0.05, 0.1) is 18.8 Å². The van der Waals surface area contributed by atoms with Gasteiger partial charge in [-0.15, -0.1) is 0 Å². The van der Waals surface area contributed by atoms with Crippen molar-refractivity contribution in [1.29, 1.82) is 0 Å². The van der Waals surface area contributed by atoms with Crippen LogP contribution in [0, 0.1) is 0 Å². The zero-order chi connectivity index (χ0) is 13.6. The molecule has 0 amide bonds. The van der Waals surface area contributed by atoms with E-state index < -0.39 is 11.7 Å². The first-order valence-electron chi connectivity index (χ1n) is 5.11. The Labute approximate surface area is 104 Å². The first-order valence-corrected chi connectivity index (χ1v) is 5.11. The predicted octanol–water partition coefficient (Wildman–Crippen LogP) is 1.50. The van der Waals surface area contributed by atoms with E-state index in [2.05, 4.69) is 0 Å². The lowest BCUT2D eigenvalue weighted by Gasteiger charge is -2.14. The van der Waals surface area contributed by atoms with Crippen molar-refractivity contribution >= 4 is 13.3 Å². The van der Waals surface area contributed by atoms with E-state index >= 15 is 0 Å². The third-order valence-electron chi connectivity index (χ3n) is 2.04. The minimum atomic E-state index is -4.52. The van der Waals surface area contributed by atoms with Crippen molar-refractivity contribution in [3.8, 4) is 5.75 Å². The van der Waals surface area contributed by atoms with Gasteiger partial charge in [-0.2, -0.15) is 13.2 Å². The SMILES string of the molecule is [B]c1ccc(OCOCCOC)c(C(F)(F)F)c1. The summed E-state index contributed by atoms with van der Waals surface area (Å²) in [5.74, 6) is -0.311. The molecule has 1 aromatic carbocycles. The van der Waals surface area contributed by atoms with Gasteiger partial charge in [-0.3, -0.25) is 0 Å². The molecule has 2 radical (unpaired) electrons. The van der Waals surface area contributed by atoms with Crippen molar-refractivity contribution in [2.24, 2.45) is 0 Å². The van der Waals surface area contributed by atoms with Gasteiger partial charge in [-0.1, -0.05) is 17.6 Å². The highest BCUT2D eigenvalue weighted by Gasteiger charge is 2.34. The van der Waals surface area contributed by atoms with E-state index in [0.717, 1.165) is 12.1 Å². The first-order chi connectivity index (χ1) is 8.45. The third-order valence-corrected chi connectivity index (χ3v) is 2.04. The second kappa shape index (κ2) is 6.65. The van der Waals surface area contributed by atoms with Crippen LogP contribution in [0.1, 0.15) is 5.56 Å². The topological polar surface area (TPSA) is 27.7 Å². The Morgan fingerprint density at radius 2 is 1.94 bits per heavy atom. The van der Waals surface area contributed by atoms with Crippen LogP contribution >= 0.6 is 0 Å². The van der Waals surface area contributed by atoms with Gasteiger partial charge in [0.15, 0.2) is 6.79 Å². The van der Waals surface area contributed by atoms with Crippen LogP contribution in [-0.2, 0) is 15.7 Å². The van der Waals surface area contributed by atoms with E-state index in [1.807, 2.05) is 0 Å². The molecule has 0 aliphatic carbocycles. The monoisotopic (exact) mass is 260 g/mol. The second-order valence-electron chi connectivity index (χ2n) is 3.42. The van der Waals surface area contributed by atoms with Gasteiger partial charge in [0.1, 0.15) is 13.6 Å². The van der Waals surface area contributed by atoms with Crippen molar-refractivity contribution in [2.45, 2.75) is 6.18 Å². The van der Waals surface area contributed by atoms with Crippen LogP contribution in [0.25, 0.3) is 0 Å². The summed E-state index contributed by atoms with van der Waals surface area (Å²) in [4.78, 5) is 0. The number of hydrogen-bond donors (Lipinski definition) is 0. The molecule has 0 atom stereocenters. The maximum atomic E-state index is 12.7. The molecule has 0 aromatic heterocycles. The normalized spacial score (nSPS) is 11.6. The average molecular weight is 260 g/mol. The molecule has 1 aromatic rings. The summed E-state index contributed by atoms with van der Waals surface area (Å²) in [7, 11) is 6.81. The number of methoxy groups -OCH3 is 1. The summed E-state index contributed by atoms with van der Waals surface area (Å²) in [5, 5.41) is 0. The fourth-order valence-corrected chi connectivity index (χ4v) is 1.20. The van der Waals surface area contributed by atoms with Gasteiger partial charge >= 0.3 is 6.18 Å². The van der Waals surface area contributed by atoms with Gasteiger partial charge in [0.2, 0.25) is 0 Å².